The molecule has 0 unspecified atom stereocenters. The first-order chi connectivity index (χ1) is 14.1. The van der Waals surface area contributed by atoms with Gasteiger partial charge in [0.25, 0.3) is 5.91 Å². The van der Waals surface area contributed by atoms with Crippen molar-refractivity contribution in [3.63, 3.8) is 0 Å². The number of rotatable bonds is 5. The Hall–Kier alpha value is -3.41. The number of aryl methyl sites for hydroxylation is 1. The Bertz CT molecular complexity index is 1040. The second-order valence-corrected chi connectivity index (χ2v) is 7.09. The molecule has 29 heavy (non-hydrogen) atoms. The number of anilines is 1. The first-order valence-corrected chi connectivity index (χ1v) is 9.52. The molecule has 3 aromatic rings. The minimum atomic E-state index is -0.266. The van der Waals surface area contributed by atoms with Gasteiger partial charge >= 0.3 is 0 Å². The van der Waals surface area contributed by atoms with Gasteiger partial charge < -0.3 is 15.0 Å². The molecule has 2 aromatic carbocycles. The topological polar surface area (TPSA) is 54.5 Å². The fourth-order valence-electron chi connectivity index (χ4n) is 3.31. The van der Waals surface area contributed by atoms with Gasteiger partial charge in [0, 0.05) is 13.1 Å². The quantitative estimate of drug-likeness (QED) is 0.713. The summed E-state index contributed by atoms with van der Waals surface area (Å²) in [5.74, 6) is 0.933. The molecule has 5 nitrogen and oxygen atoms in total. The molecule has 2 heterocycles. The van der Waals surface area contributed by atoms with Gasteiger partial charge in [0.1, 0.15) is 23.1 Å². The summed E-state index contributed by atoms with van der Waals surface area (Å²) in [5.41, 5.74) is 3.77. The molecule has 0 radical (unpaired) electrons. The monoisotopic (exact) mass is 391 g/mol. The second-order valence-electron chi connectivity index (χ2n) is 7.09. The number of pyridine rings is 1. The predicted molar refractivity (Wildman–Crippen MR) is 109 cm³/mol. The number of nitrogens with one attached hydrogen (secondary N) is 1. The number of ether oxygens (including phenoxy) is 1. The number of hydrogen-bond acceptors (Lipinski definition) is 4. The van der Waals surface area contributed by atoms with Crippen molar-refractivity contribution in [2.45, 2.75) is 26.6 Å². The van der Waals surface area contributed by atoms with Gasteiger partial charge in [0.2, 0.25) is 0 Å². The molecule has 0 saturated heterocycles. The Kier molecular flexibility index (Phi) is 5.42. The van der Waals surface area contributed by atoms with Crippen LogP contribution in [0.25, 0.3) is 0 Å². The van der Waals surface area contributed by atoms with Gasteiger partial charge in [-0.25, -0.2) is 9.37 Å². The predicted octanol–water partition coefficient (Wildman–Crippen LogP) is 4.06. The normalized spacial score (nSPS) is 13.4. The molecule has 0 bridgehead atoms. The van der Waals surface area contributed by atoms with E-state index in [-0.39, 0.29) is 18.3 Å². The standard InChI is InChI=1S/C23H22FN3O2/c1-16-5-2-3-7-18(16)13-27-14-20-21(29-15-23(27)28)9-10-22(26-20)25-12-17-6-4-8-19(24)11-17/h2-11H,12-15H2,1H3,(H,25,26). The Morgan fingerprint density at radius 2 is 2.00 bits per heavy atom. The summed E-state index contributed by atoms with van der Waals surface area (Å²) in [5, 5.41) is 3.21. The van der Waals surface area contributed by atoms with Gasteiger partial charge in [-0.05, 0) is 47.9 Å². The molecule has 4 rings (SSSR count). The summed E-state index contributed by atoms with van der Waals surface area (Å²) < 4.78 is 19.0. The highest BCUT2D eigenvalue weighted by atomic mass is 19.1. The van der Waals surface area contributed by atoms with Crippen LogP contribution in [0.5, 0.6) is 5.75 Å². The molecule has 1 amide bonds. The zero-order chi connectivity index (χ0) is 20.2. The van der Waals surface area contributed by atoms with Crippen LogP contribution in [0.4, 0.5) is 10.2 Å². The Morgan fingerprint density at radius 1 is 1.14 bits per heavy atom. The minimum Gasteiger partial charge on any atom is -0.482 e. The maximum Gasteiger partial charge on any atom is 0.261 e. The average molecular weight is 391 g/mol. The fraction of sp³-hybridized carbons (Fsp3) is 0.217. The molecule has 1 aliphatic rings. The van der Waals surface area contributed by atoms with E-state index < -0.39 is 0 Å². The van der Waals surface area contributed by atoms with Crippen LogP contribution in [-0.2, 0) is 24.4 Å². The molecule has 0 spiro atoms. The lowest BCUT2D eigenvalue weighted by molar-refractivity contribution is -0.133. The molecular formula is C23H22FN3O2. The largest absolute Gasteiger partial charge is 0.482 e. The summed E-state index contributed by atoms with van der Waals surface area (Å²) in [7, 11) is 0. The van der Waals surface area contributed by atoms with E-state index in [0.29, 0.717) is 36.9 Å². The summed E-state index contributed by atoms with van der Waals surface area (Å²) in [6, 6.07) is 18.1. The summed E-state index contributed by atoms with van der Waals surface area (Å²) in [6.45, 7) is 3.37. The first-order valence-electron chi connectivity index (χ1n) is 9.52. The third-order valence-corrected chi connectivity index (χ3v) is 4.96. The van der Waals surface area contributed by atoms with E-state index in [9.17, 15) is 9.18 Å². The summed E-state index contributed by atoms with van der Waals surface area (Å²) in [4.78, 5) is 18.9. The van der Waals surface area contributed by atoms with Crippen molar-refractivity contribution in [3.8, 4) is 5.75 Å². The van der Waals surface area contributed by atoms with E-state index >= 15 is 0 Å². The maximum atomic E-state index is 13.4. The Labute approximate surface area is 169 Å². The molecule has 1 N–H and O–H groups in total. The third-order valence-electron chi connectivity index (χ3n) is 4.96. The number of fused-ring (bicyclic) bond motifs is 1. The number of nitrogens with zero attached hydrogens (tertiary/aromatic N) is 2. The van der Waals surface area contributed by atoms with Crippen molar-refractivity contribution in [1.29, 1.82) is 0 Å². The Morgan fingerprint density at radius 3 is 2.83 bits per heavy atom. The number of carbonyl (C=O) groups excluding carboxylic acids is 1. The van der Waals surface area contributed by atoms with Crippen molar-refractivity contribution < 1.29 is 13.9 Å². The molecule has 0 atom stereocenters. The number of aromatic nitrogens is 1. The van der Waals surface area contributed by atoms with Gasteiger partial charge in [-0.3, -0.25) is 4.79 Å². The van der Waals surface area contributed by atoms with Crippen LogP contribution in [0.15, 0.2) is 60.7 Å². The number of amides is 1. The van der Waals surface area contributed by atoms with Crippen LogP contribution >= 0.6 is 0 Å². The van der Waals surface area contributed by atoms with E-state index in [4.69, 9.17) is 4.74 Å². The van der Waals surface area contributed by atoms with Crippen LogP contribution in [0.1, 0.15) is 22.4 Å². The van der Waals surface area contributed by atoms with Crippen LogP contribution < -0.4 is 10.1 Å². The molecule has 1 aromatic heterocycles. The smallest absolute Gasteiger partial charge is 0.261 e. The van der Waals surface area contributed by atoms with Crippen molar-refractivity contribution in [1.82, 2.24) is 9.88 Å². The van der Waals surface area contributed by atoms with E-state index in [1.165, 1.54) is 12.1 Å². The Balaban J connectivity index is 1.51. The number of halogens is 1. The summed E-state index contributed by atoms with van der Waals surface area (Å²) >= 11 is 0. The second kappa shape index (κ2) is 8.31. The van der Waals surface area contributed by atoms with Crippen LogP contribution in [-0.4, -0.2) is 22.4 Å². The number of hydrogen-bond donors (Lipinski definition) is 1. The average Bonchev–Trinajstić information content (AvgIpc) is 2.87. The SMILES string of the molecule is Cc1ccccc1CN1Cc2nc(NCc3cccc(F)c3)ccc2OCC1=O. The molecule has 0 fully saturated rings. The molecule has 0 saturated carbocycles. The van der Waals surface area contributed by atoms with Crippen LogP contribution in [0.2, 0.25) is 0 Å². The van der Waals surface area contributed by atoms with E-state index in [0.717, 1.165) is 16.7 Å². The summed E-state index contributed by atoms with van der Waals surface area (Å²) in [6.07, 6.45) is 0. The number of benzene rings is 2. The van der Waals surface area contributed by atoms with Crippen LogP contribution in [0, 0.1) is 12.7 Å². The van der Waals surface area contributed by atoms with E-state index in [1.54, 1.807) is 17.0 Å². The maximum absolute atomic E-state index is 13.4. The molecular weight excluding hydrogens is 369 g/mol. The van der Waals surface area contributed by atoms with Crippen molar-refractivity contribution in [3.05, 3.63) is 88.9 Å². The lowest BCUT2D eigenvalue weighted by atomic mass is 10.1. The number of carbonyl (C=O) groups is 1. The first kappa shape index (κ1) is 18.9. The van der Waals surface area contributed by atoms with Crippen molar-refractivity contribution in [2.24, 2.45) is 0 Å². The van der Waals surface area contributed by atoms with E-state index in [1.807, 2.05) is 43.3 Å². The van der Waals surface area contributed by atoms with E-state index in [2.05, 4.69) is 10.3 Å². The zero-order valence-electron chi connectivity index (χ0n) is 16.2. The molecule has 1 aliphatic heterocycles. The highest BCUT2D eigenvalue weighted by molar-refractivity contribution is 5.78. The van der Waals surface area contributed by atoms with Gasteiger partial charge in [-0.15, -0.1) is 0 Å². The molecule has 148 valence electrons. The van der Waals surface area contributed by atoms with Crippen molar-refractivity contribution in [2.75, 3.05) is 11.9 Å². The van der Waals surface area contributed by atoms with Gasteiger partial charge in [-0.2, -0.15) is 0 Å². The van der Waals surface area contributed by atoms with Gasteiger partial charge in [0.15, 0.2) is 6.61 Å². The molecule has 0 aliphatic carbocycles. The lowest BCUT2D eigenvalue weighted by Crippen LogP contribution is -2.32. The fourth-order valence-corrected chi connectivity index (χ4v) is 3.31. The lowest BCUT2D eigenvalue weighted by Gasteiger charge is -2.21. The highest BCUT2D eigenvalue weighted by Crippen LogP contribution is 2.25. The van der Waals surface area contributed by atoms with Gasteiger partial charge in [-0.1, -0.05) is 36.4 Å². The van der Waals surface area contributed by atoms with Crippen LogP contribution in [0.3, 0.4) is 0 Å². The van der Waals surface area contributed by atoms with Crippen molar-refractivity contribution >= 4 is 11.7 Å². The third kappa shape index (κ3) is 4.54. The van der Waals surface area contributed by atoms with Gasteiger partial charge in [0.05, 0.1) is 6.54 Å². The molecule has 6 heteroatoms. The highest BCUT2D eigenvalue weighted by Gasteiger charge is 2.23. The minimum absolute atomic E-state index is 0.00334. The zero-order valence-corrected chi connectivity index (χ0v) is 16.2.